The van der Waals surface area contributed by atoms with Crippen LogP contribution in [0.15, 0.2) is 41.4 Å². The summed E-state index contributed by atoms with van der Waals surface area (Å²) in [6, 6.07) is 9.79. The highest BCUT2D eigenvalue weighted by Crippen LogP contribution is 1.99. The Balaban J connectivity index is 2.25. The zero-order chi connectivity index (χ0) is 12.6. The molecule has 4 nitrogen and oxygen atoms in total. The summed E-state index contributed by atoms with van der Waals surface area (Å²) < 4.78 is 29.3. The first-order chi connectivity index (χ1) is 8.08. The van der Waals surface area contributed by atoms with Gasteiger partial charge in [0.15, 0.2) is 0 Å². The Morgan fingerprint density at radius 3 is 2.59 bits per heavy atom. The van der Waals surface area contributed by atoms with Crippen LogP contribution >= 0.6 is 0 Å². The molecule has 0 amide bonds. The Morgan fingerprint density at radius 1 is 1.24 bits per heavy atom. The van der Waals surface area contributed by atoms with E-state index in [1.54, 1.807) is 12.3 Å². The van der Waals surface area contributed by atoms with Crippen molar-refractivity contribution in [2.24, 2.45) is 4.99 Å². The van der Waals surface area contributed by atoms with Crippen molar-refractivity contribution in [3.63, 3.8) is 0 Å². The van der Waals surface area contributed by atoms with E-state index in [1.807, 2.05) is 36.4 Å². The van der Waals surface area contributed by atoms with Gasteiger partial charge in [0, 0.05) is 12.8 Å². The molecule has 0 saturated carbocycles. The number of nitrogens with zero attached hydrogens (tertiary/aromatic N) is 1. The Morgan fingerprint density at radius 2 is 1.94 bits per heavy atom. The molecule has 1 aromatic rings. The molecule has 1 N–H and O–H groups in total. The fourth-order valence-electron chi connectivity index (χ4n) is 1.19. The summed E-state index contributed by atoms with van der Waals surface area (Å²) in [6.07, 6.45) is 5.65. The van der Waals surface area contributed by atoms with Gasteiger partial charge in [0.25, 0.3) is 10.1 Å². The van der Waals surface area contributed by atoms with Gasteiger partial charge in [-0.05, 0) is 18.1 Å². The van der Waals surface area contributed by atoms with E-state index in [2.05, 4.69) is 4.99 Å². The van der Waals surface area contributed by atoms with Crippen LogP contribution < -0.4 is 0 Å². The van der Waals surface area contributed by atoms with Gasteiger partial charge in [-0.25, -0.2) is 0 Å². The van der Waals surface area contributed by atoms with Crippen molar-refractivity contribution in [2.45, 2.75) is 6.42 Å². The average molecular weight is 253 g/mol. The number of rotatable bonds is 6. The van der Waals surface area contributed by atoms with E-state index in [0.717, 1.165) is 5.56 Å². The first-order valence-corrected chi connectivity index (χ1v) is 6.85. The van der Waals surface area contributed by atoms with E-state index < -0.39 is 10.1 Å². The molecule has 0 atom stereocenters. The Hall–Kier alpha value is -1.46. The lowest BCUT2D eigenvalue weighted by Gasteiger charge is -1.92. The van der Waals surface area contributed by atoms with Crippen LogP contribution in [-0.2, 0) is 10.1 Å². The van der Waals surface area contributed by atoms with Gasteiger partial charge < -0.3 is 0 Å². The van der Waals surface area contributed by atoms with Gasteiger partial charge in [0.1, 0.15) is 0 Å². The van der Waals surface area contributed by atoms with Crippen LogP contribution in [0.4, 0.5) is 0 Å². The molecule has 0 unspecified atom stereocenters. The van der Waals surface area contributed by atoms with Crippen molar-refractivity contribution < 1.29 is 13.0 Å². The maximum Gasteiger partial charge on any atom is 0.264 e. The summed E-state index contributed by atoms with van der Waals surface area (Å²) in [6.45, 7) is 0.388. The molecule has 0 fully saturated rings. The molecular weight excluding hydrogens is 238 g/mol. The molecule has 0 saturated heterocycles. The molecule has 0 radical (unpaired) electrons. The molecule has 0 aromatic heterocycles. The van der Waals surface area contributed by atoms with Crippen LogP contribution in [0.25, 0.3) is 6.08 Å². The highest BCUT2D eigenvalue weighted by Gasteiger charge is 2.01. The summed E-state index contributed by atoms with van der Waals surface area (Å²) in [5, 5.41) is 0. The first-order valence-electron chi connectivity index (χ1n) is 5.25. The Bertz CT molecular complexity index is 478. The lowest BCUT2D eigenvalue weighted by atomic mass is 10.2. The summed E-state index contributed by atoms with van der Waals surface area (Å²) in [7, 11) is -3.85. The van der Waals surface area contributed by atoms with E-state index >= 15 is 0 Å². The first kappa shape index (κ1) is 13.6. The molecule has 1 rings (SSSR count). The van der Waals surface area contributed by atoms with Crippen LogP contribution in [0.1, 0.15) is 12.0 Å². The third-order valence-corrected chi connectivity index (χ3v) is 2.77. The van der Waals surface area contributed by atoms with E-state index in [-0.39, 0.29) is 5.75 Å². The largest absolute Gasteiger partial charge is 0.293 e. The average Bonchev–Trinajstić information content (AvgIpc) is 2.28. The highest BCUT2D eigenvalue weighted by atomic mass is 32.2. The normalized spacial score (nSPS) is 12.5. The van der Waals surface area contributed by atoms with E-state index in [1.165, 1.54) is 0 Å². The zero-order valence-corrected chi connectivity index (χ0v) is 10.2. The molecule has 0 aliphatic heterocycles. The van der Waals surface area contributed by atoms with Crippen molar-refractivity contribution in [1.29, 1.82) is 0 Å². The van der Waals surface area contributed by atoms with Gasteiger partial charge in [0.2, 0.25) is 0 Å². The molecule has 0 aliphatic carbocycles. The zero-order valence-electron chi connectivity index (χ0n) is 9.36. The lowest BCUT2D eigenvalue weighted by molar-refractivity contribution is 0.481. The maximum absolute atomic E-state index is 10.4. The molecular formula is C12H15NO3S. The van der Waals surface area contributed by atoms with E-state index in [0.29, 0.717) is 13.0 Å². The smallest absolute Gasteiger partial charge is 0.264 e. The molecule has 92 valence electrons. The summed E-state index contributed by atoms with van der Waals surface area (Å²) in [5.74, 6) is -0.243. The highest BCUT2D eigenvalue weighted by molar-refractivity contribution is 7.85. The predicted octanol–water partition coefficient (Wildman–Crippen LogP) is 2.05. The lowest BCUT2D eigenvalue weighted by Crippen LogP contribution is -2.04. The number of allylic oxidation sites excluding steroid dienone is 1. The minimum Gasteiger partial charge on any atom is -0.293 e. The minimum absolute atomic E-state index is 0.243. The van der Waals surface area contributed by atoms with Crippen LogP contribution in [0.3, 0.4) is 0 Å². The monoisotopic (exact) mass is 253 g/mol. The maximum atomic E-state index is 10.4. The summed E-state index contributed by atoms with van der Waals surface area (Å²) in [5.41, 5.74) is 1.08. The second-order valence-electron chi connectivity index (χ2n) is 3.46. The van der Waals surface area contributed by atoms with Crippen LogP contribution in [-0.4, -0.2) is 31.5 Å². The Labute approximate surface area is 101 Å². The molecule has 0 spiro atoms. The van der Waals surface area contributed by atoms with Crippen molar-refractivity contribution in [3.8, 4) is 0 Å². The fourth-order valence-corrected chi connectivity index (χ4v) is 1.69. The van der Waals surface area contributed by atoms with Crippen LogP contribution in [0.5, 0.6) is 0 Å². The molecule has 0 bridgehead atoms. The van der Waals surface area contributed by atoms with E-state index in [9.17, 15) is 8.42 Å². The van der Waals surface area contributed by atoms with Gasteiger partial charge in [-0.15, -0.1) is 0 Å². The van der Waals surface area contributed by atoms with Gasteiger partial charge in [0.05, 0.1) is 5.75 Å². The quantitative estimate of drug-likeness (QED) is 0.479. The minimum atomic E-state index is -3.85. The van der Waals surface area contributed by atoms with Crippen molar-refractivity contribution >= 4 is 22.4 Å². The van der Waals surface area contributed by atoms with Crippen molar-refractivity contribution in [2.75, 3.05) is 12.3 Å². The predicted molar refractivity (Wildman–Crippen MR) is 69.9 cm³/mol. The van der Waals surface area contributed by atoms with Crippen LogP contribution in [0.2, 0.25) is 0 Å². The van der Waals surface area contributed by atoms with Crippen molar-refractivity contribution in [1.82, 2.24) is 0 Å². The third-order valence-electron chi connectivity index (χ3n) is 1.97. The second kappa shape index (κ2) is 6.98. The molecule has 17 heavy (non-hydrogen) atoms. The fraction of sp³-hybridized carbons (Fsp3) is 0.250. The molecule has 5 heteroatoms. The number of hydrogen-bond donors (Lipinski definition) is 1. The van der Waals surface area contributed by atoms with Gasteiger partial charge in [-0.2, -0.15) is 8.42 Å². The topological polar surface area (TPSA) is 66.7 Å². The third kappa shape index (κ3) is 7.43. The number of aliphatic imine (C=N–C) groups is 1. The molecule has 0 heterocycles. The van der Waals surface area contributed by atoms with Crippen molar-refractivity contribution in [3.05, 3.63) is 42.0 Å². The van der Waals surface area contributed by atoms with Crippen LogP contribution in [0, 0.1) is 0 Å². The number of hydrogen-bond acceptors (Lipinski definition) is 3. The Kier molecular flexibility index (Phi) is 5.59. The number of benzene rings is 1. The summed E-state index contributed by atoms with van der Waals surface area (Å²) >= 11 is 0. The SMILES string of the molecule is O=S(=O)(O)CCCN=CC=Cc1ccccc1. The summed E-state index contributed by atoms with van der Waals surface area (Å²) in [4.78, 5) is 4.00. The molecule has 0 aliphatic rings. The van der Waals surface area contributed by atoms with E-state index in [4.69, 9.17) is 4.55 Å². The van der Waals surface area contributed by atoms with Gasteiger partial charge in [-0.1, -0.05) is 36.4 Å². The standard InChI is InChI=1S/C12H15NO3S/c14-17(15,16)11-5-10-13-9-4-8-12-6-2-1-3-7-12/h1-4,6-9H,5,10-11H2,(H,14,15,16). The molecule has 1 aromatic carbocycles. The van der Waals surface area contributed by atoms with Gasteiger partial charge >= 0.3 is 0 Å². The van der Waals surface area contributed by atoms with Gasteiger partial charge in [-0.3, -0.25) is 9.55 Å². The second-order valence-corrected chi connectivity index (χ2v) is 5.04.